The van der Waals surface area contributed by atoms with E-state index in [1.54, 1.807) is 12.1 Å². The number of hydrogen-bond donors (Lipinski definition) is 0. The number of nitrogens with zero attached hydrogens (tertiary/aromatic N) is 1. The van der Waals surface area contributed by atoms with Crippen molar-refractivity contribution in [1.82, 2.24) is 0 Å². The van der Waals surface area contributed by atoms with E-state index in [2.05, 4.69) is 15.9 Å². The molecule has 0 atom stereocenters. The summed E-state index contributed by atoms with van der Waals surface area (Å²) < 4.78 is 47.5. The number of rotatable bonds is 5. The predicted octanol–water partition coefficient (Wildman–Crippen LogP) is 3.29. The van der Waals surface area contributed by atoms with Gasteiger partial charge in [-0.15, -0.1) is 0 Å². The molecule has 1 aromatic rings. The first-order valence-corrected chi connectivity index (χ1v) is 8.74. The molecule has 1 aromatic carbocycles. The Balaban J connectivity index is 2.04. The van der Waals surface area contributed by atoms with E-state index in [0.29, 0.717) is 10.7 Å². The van der Waals surface area contributed by atoms with Crippen LogP contribution in [0.15, 0.2) is 29.2 Å². The highest BCUT2D eigenvalue weighted by atomic mass is 79.9. The third kappa shape index (κ3) is 3.31. The van der Waals surface area contributed by atoms with Crippen LogP contribution in [0.1, 0.15) is 12.8 Å². The van der Waals surface area contributed by atoms with Gasteiger partial charge in [0.15, 0.2) is 0 Å². The zero-order valence-corrected chi connectivity index (χ0v) is 13.4. The van der Waals surface area contributed by atoms with Gasteiger partial charge in [0.25, 0.3) is 0 Å². The summed E-state index contributed by atoms with van der Waals surface area (Å²) in [5.74, 6) is -2.76. The number of hydrogen-bond acceptors (Lipinski definition) is 3. The van der Waals surface area contributed by atoms with Crippen LogP contribution in [0.25, 0.3) is 0 Å². The van der Waals surface area contributed by atoms with Gasteiger partial charge in [-0.05, 0) is 43.0 Å². The highest BCUT2D eigenvalue weighted by Crippen LogP contribution is 2.34. The summed E-state index contributed by atoms with van der Waals surface area (Å²) in [6.07, 6.45) is 2.25. The molecule has 0 aliphatic heterocycles. The minimum Gasteiger partial charge on any atom is -0.374 e. The second-order valence-corrected chi connectivity index (χ2v) is 8.33. The molecule has 0 N–H and O–H groups in total. The van der Waals surface area contributed by atoms with E-state index in [-0.39, 0.29) is 4.90 Å². The lowest BCUT2D eigenvalue weighted by atomic mass is 9.85. The van der Waals surface area contributed by atoms with Crippen molar-refractivity contribution >= 4 is 31.5 Å². The molecule has 0 bridgehead atoms. The number of alkyl halides is 3. The summed E-state index contributed by atoms with van der Waals surface area (Å²) in [6.45, 7) is 0.878. The smallest absolute Gasteiger partial charge is 0.341 e. The van der Waals surface area contributed by atoms with Gasteiger partial charge in [-0.1, -0.05) is 15.9 Å². The van der Waals surface area contributed by atoms with E-state index in [0.717, 1.165) is 25.1 Å². The van der Waals surface area contributed by atoms with Crippen molar-refractivity contribution in [3.63, 3.8) is 0 Å². The second kappa shape index (κ2) is 5.97. The fourth-order valence-electron chi connectivity index (χ4n) is 2.29. The third-order valence-corrected chi connectivity index (χ3v) is 5.70. The summed E-state index contributed by atoms with van der Waals surface area (Å²) in [5.41, 5.74) is 0.830. The summed E-state index contributed by atoms with van der Waals surface area (Å²) >= 11 is 3.54. The van der Waals surface area contributed by atoms with Crippen LogP contribution in [0.3, 0.4) is 0 Å². The molecule has 1 saturated carbocycles. The van der Waals surface area contributed by atoms with Crippen LogP contribution in [-0.2, 0) is 9.84 Å². The SMILES string of the molecule is CN(CC1CC(Br)C1)c1ccc(S(=O)(=O)C(F)F)cc1. The van der Waals surface area contributed by atoms with Crippen LogP contribution >= 0.6 is 15.9 Å². The van der Waals surface area contributed by atoms with Crippen LogP contribution in [-0.4, -0.2) is 32.6 Å². The molecule has 0 unspecified atom stereocenters. The van der Waals surface area contributed by atoms with Crippen LogP contribution in [0, 0.1) is 5.92 Å². The van der Waals surface area contributed by atoms with Gasteiger partial charge in [0.05, 0.1) is 4.90 Å². The summed E-state index contributed by atoms with van der Waals surface area (Å²) in [4.78, 5) is 2.27. The first-order valence-electron chi connectivity index (χ1n) is 6.28. The molecule has 0 amide bonds. The zero-order valence-electron chi connectivity index (χ0n) is 11.0. The maximum atomic E-state index is 12.4. The van der Waals surface area contributed by atoms with Crippen LogP contribution in [0.4, 0.5) is 14.5 Å². The molecule has 0 heterocycles. The Morgan fingerprint density at radius 1 is 1.30 bits per heavy atom. The van der Waals surface area contributed by atoms with Crippen molar-refractivity contribution in [3.8, 4) is 0 Å². The Labute approximate surface area is 126 Å². The molecule has 0 spiro atoms. The topological polar surface area (TPSA) is 37.4 Å². The van der Waals surface area contributed by atoms with E-state index < -0.39 is 15.6 Å². The highest BCUT2D eigenvalue weighted by Gasteiger charge is 2.28. The predicted molar refractivity (Wildman–Crippen MR) is 78.3 cm³/mol. The lowest BCUT2D eigenvalue weighted by molar-refractivity contribution is 0.234. The lowest BCUT2D eigenvalue weighted by Crippen LogP contribution is -2.34. The molecule has 112 valence electrons. The maximum absolute atomic E-state index is 12.4. The highest BCUT2D eigenvalue weighted by molar-refractivity contribution is 9.09. The Kier molecular flexibility index (Phi) is 4.69. The van der Waals surface area contributed by atoms with Crippen molar-refractivity contribution in [2.24, 2.45) is 5.92 Å². The molecule has 2 rings (SSSR count). The van der Waals surface area contributed by atoms with Crippen LogP contribution in [0.5, 0.6) is 0 Å². The zero-order chi connectivity index (χ0) is 14.9. The average Bonchev–Trinajstić information content (AvgIpc) is 2.36. The minimum atomic E-state index is -4.50. The fraction of sp³-hybridized carbons (Fsp3) is 0.538. The van der Waals surface area contributed by atoms with E-state index in [1.165, 1.54) is 12.1 Å². The van der Waals surface area contributed by atoms with Crippen LogP contribution < -0.4 is 4.90 Å². The van der Waals surface area contributed by atoms with Crippen molar-refractivity contribution in [2.45, 2.75) is 28.3 Å². The molecule has 3 nitrogen and oxygen atoms in total. The maximum Gasteiger partial charge on any atom is 0.341 e. The molecule has 1 aliphatic rings. The Bertz CT molecular complexity index is 556. The largest absolute Gasteiger partial charge is 0.374 e. The van der Waals surface area contributed by atoms with Crippen molar-refractivity contribution in [2.75, 3.05) is 18.5 Å². The van der Waals surface area contributed by atoms with Gasteiger partial charge < -0.3 is 4.90 Å². The second-order valence-electron chi connectivity index (χ2n) is 5.11. The number of benzene rings is 1. The van der Waals surface area contributed by atoms with Gasteiger partial charge in [-0.2, -0.15) is 8.78 Å². The van der Waals surface area contributed by atoms with Crippen molar-refractivity contribution < 1.29 is 17.2 Å². The normalized spacial score (nSPS) is 22.6. The first-order chi connectivity index (χ1) is 9.30. The van der Waals surface area contributed by atoms with Gasteiger partial charge in [0, 0.05) is 24.1 Å². The molecule has 0 radical (unpaired) electrons. The quantitative estimate of drug-likeness (QED) is 0.749. The van der Waals surface area contributed by atoms with E-state index in [1.807, 2.05) is 11.9 Å². The van der Waals surface area contributed by atoms with E-state index in [4.69, 9.17) is 0 Å². The van der Waals surface area contributed by atoms with Gasteiger partial charge in [-0.3, -0.25) is 0 Å². The summed E-state index contributed by atoms with van der Waals surface area (Å²) in [6, 6.07) is 5.61. The summed E-state index contributed by atoms with van der Waals surface area (Å²) in [7, 11) is -2.59. The molecule has 20 heavy (non-hydrogen) atoms. The van der Waals surface area contributed by atoms with Crippen molar-refractivity contribution in [1.29, 1.82) is 0 Å². The molecule has 1 fully saturated rings. The van der Waals surface area contributed by atoms with Gasteiger partial charge in [0.2, 0.25) is 9.84 Å². The lowest BCUT2D eigenvalue weighted by Gasteiger charge is -2.35. The Morgan fingerprint density at radius 3 is 2.30 bits per heavy atom. The first kappa shape index (κ1) is 15.7. The molecule has 1 aliphatic carbocycles. The molecule has 0 saturated heterocycles. The Morgan fingerprint density at radius 2 is 1.85 bits per heavy atom. The van der Waals surface area contributed by atoms with Gasteiger partial charge in [0.1, 0.15) is 0 Å². The van der Waals surface area contributed by atoms with Gasteiger partial charge in [-0.25, -0.2) is 8.42 Å². The van der Waals surface area contributed by atoms with Crippen molar-refractivity contribution in [3.05, 3.63) is 24.3 Å². The summed E-state index contributed by atoms with van der Waals surface area (Å²) in [5, 5.41) is 0. The monoisotopic (exact) mass is 367 g/mol. The average molecular weight is 368 g/mol. The number of sulfone groups is 1. The minimum absolute atomic E-state index is 0.339. The molecular weight excluding hydrogens is 352 g/mol. The number of anilines is 1. The Hall–Kier alpha value is -0.690. The molecule has 7 heteroatoms. The standard InChI is InChI=1S/C13H16BrF2NO2S/c1-17(8-9-6-10(14)7-9)11-2-4-12(5-3-11)20(18,19)13(15)16/h2-5,9-10,13H,6-8H2,1H3. The molecule has 0 aromatic heterocycles. The van der Waals surface area contributed by atoms with Gasteiger partial charge >= 0.3 is 5.76 Å². The molecular formula is C13H16BrF2NO2S. The van der Waals surface area contributed by atoms with E-state index in [9.17, 15) is 17.2 Å². The fourth-order valence-corrected chi connectivity index (χ4v) is 4.07. The number of halogens is 3. The third-order valence-electron chi connectivity index (χ3n) is 3.55. The van der Waals surface area contributed by atoms with Crippen LogP contribution in [0.2, 0.25) is 0 Å². The van der Waals surface area contributed by atoms with E-state index >= 15 is 0 Å².